The van der Waals surface area contributed by atoms with E-state index in [9.17, 15) is 9.59 Å². The summed E-state index contributed by atoms with van der Waals surface area (Å²) in [5.41, 5.74) is 3.19. The van der Waals surface area contributed by atoms with E-state index >= 15 is 0 Å². The molecule has 11 heteroatoms. The van der Waals surface area contributed by atoms with E-state index in [1.165, 1.54) is 27.6 Å². The quantitative estimate of drug-likeness (QED) is 0.558. The Morgan fingerprint density at radius 1 is 1.31 bits per heavy atom. The van der Waals surface area contributed by atoms with Gasteiger partial charge in [-0.1, -0.05) is 0 Å². The molecule has 0 atom stereocenters. The fourth-order valence-electron chi connectivity index (χ4n) is 2.44. The summed E-state index contributed by atoms with van der Waals surface area (Å²) in [4.78, 5) is 32.2. The van der Waals surface area contributed by atoms with Crippen molar-refractivity contribution in [3.05, 3.63) is 46.7 Å². The monoisotopic (exact) mass is 369 g/mol. The Labute approximate surface area is 149 Å². The maximum absolute atomic E-state index is 12.5. The molecule has 0 bridgehead atoms. The predicted molar refractivity (Wildman–Crippen MR) is 92.2 cm³/mol. The minimum Gasteiger partial charge on any atom is -0.478 e. The second-order valence-electron chi connectivity index (χ2n) is 5.32. The van der Waals surface area contributed by atoms with Gasteiger partial charge in [0.05, 0.1) is 23.6 Å². The molecule has 0 aliphatic carbocycles. The molecule has 1 amide bonds. The molecule has 4 heterocycles. The number of rotatable bonds is 4. The van der Waals surface area contributed by atoms with Gasteiger partial charge in [0.2, 0.25) is 5.82 Å². The van der Waals surface area contributed by atoms with Crippen LogP contribution in [-0.4, -0.2) is 46.3 Å². The molecule has 0 aliphatic rings. The first-order valence-corrected chi connectivity index (χ1v) is 8.29. The normalized spacial score (nSPS) is 11.0. The Morgan fingerprint density at radius 3 is 2.88 bits per heavy atom. The smallest absolute Gasteiger partial charge is 0.339 e. The number of carboxylic acids is 1. The van der Waals surface area contributed by atoms with Crippen LogP contribution in [0.3, 0.4) is 0 Å². The number of thiazole rings is 1. The van der Waals surface area contributed by atoms with Crippen LogP contribution in [0.2, 0.25) is 0 Å². The number of amides is 1. The van der Waals surface area contributed by atoms with Crippen molar-refractivity contribution in [2.75, 3.05) is 5.32 Å². The number of nitrogens with zero attached hydrogens (tertiary/aromatic N) is 6. The van der Waals surface area contributed by atoms with E-state index in [2.05, 4.69) is 25.5 Å². The molecule has 0 aromatic carbocycles. The molecule has 26 heavy (non-hydrogen) atoms. The number of carbonyl (C=O) groups is 2. The molecule has 0 saturated heterocycles. The van der Waals surface area contributed by atoms with Crippen molar-refractivity contribution in [2.24, 2.45) is 7.05 Å². The minimum atomic E-state index is -1.22. The summed E-state index contributed by atoms with van der Waals surface area (Å²) in [5.74, 6) is -1.32. The van der Waals surface area contributed by atoms with Gasteiger partial charge < -0.3 is 10.4 Å². The van der Waals surface area contributed by atoms with Crippen LogP contribution in [0.5, 0.6) is 0 Å². The van der Waals surface area contributed by atoms with Crippen LogP contribution in [0, 0.1) is 0 Å². The summed E-state index contributed by atoms with van der Waals surface area (Å²) in [6.45, 7) is 0. The molecule has 10 nitrogen and oxygen atoms in total. The highest BCUT2D eigenvalue weighted by atomic mass is 32.1. The molecular formula is C15H11N7O3S. The number of fused-ring (bicyclic) bond motifs is 1. The average Bonchev–Trinajstić information content (AvgIpc) is 3.32. The van der Waals surface area contributed by atoms with Gasteiger partial charge >= 0.3 is 5.97 Å². The van der Waals surface area contributed by atoms with Crippen LogP contribution in [0.1, 0.15) is 20.8 Å². The van der Waals surface area contributed by atoms with Gasteiger partial charge in [0.1, 0.15) is 17.0 Å². The zero-order valence-corrected chi connectivity index (χ0v) is 14.1. The molecule has 0 saturated carbocycles. The van der Waals surface area contributed by atoms with Crippen LogP contribution < -0.4 is 5.32 Å². The highest BCUT2D eigenvalue weighted by Crippen LogP contribution is 2.18. The van der Waals surface area contributed by atoms with E-state index in [0.29, 0.717) is 22.9 Å². The third-order valence-corrected chi connectivity index (χ3v) is 4.22. The number of aromatic carboxylic acids is 1. The minimum absolute atomic E-state index is 0.0423. The SMILES string of the molecule is Cn1ncc(C(=O)O)c1C(=O)Nc1ccc2nc(-c3cscn3)nn2c1. The number of anilines is 1. The van der Waals surface area contributed by atoms with Gasteiger partial charge in [0.15, 0.2) is 5.65 Å². The van der Waals surface area contributed by atoms with Gasteiger partial charge in [-0.15, -0.1) is 16.4 Å². The van der Waals surface area contributed by atoms with Crippen LogP contribution in [0.25, 0.3) is 17.2 Å². The first-order chi connectivity index (χ1) is 12.5. The van der Waals surface area contributed by atoms with E-state index in [1.54, 1.807) is 23.8 Å². The zero-order chi connectivity index (χ0) is 18.3. The standard InChI is InChI=1S/C15H11N7O3S/c1-21-12(9(4-17-21)15(24)25)14(23)18-8-2-3-11-19-13(20-22(11)5-8)10-6-26-7-16-10/h2-7H,1H3,(H,18,23)(H,24,25). The van der Waals surface area contributed by atoms with Gasteiger partial charge in [0, 0.05) is 12.4 Å². The maximum atomic E-state index is 12.5. The second-order valence-corrected chi connectivity index (χ2v) is 6.04. The third-order valence-electron chi connectivity index (χ3n) is 3.63. The van der Waals surface area contributed by atoms with Gasteiger partial charge in [-0.05, 0) is 12.1 Å². The highest BCUT2D eigenvalue weighted by molar-refractivity contribution is 7.07. The number of aromatic nitrogens is 6. The van der Waals surface area contributed by atoms with E-state index < -0.39 is 11.9 Å². The van der Waals surface area contributed by atoms with Crippen LogP contribution in [0.15, 0.2) is 35.4 Å². The number of nitrogens with one attached hydrogen (secondary N) is 1. The summed E-state index contributed by atoms with van der Waals surface area (Å²) in [6.07, 6.45) is 2.73. The number of hydrogen-bond acceptors (Lipinski definition) is 7. The Bertz CT molecular complexity index is 1130. The van der Waals surface area contributed by atoms with Crippen molar-refractivity contribution < 1.29 is 14.7 Å². The summed E-state index contributed by atoms with van der Waals surface area (Å²) < 4.78 is 2.73. The highest BCUT2D eigenvalue weighted by Gasteiger charge is 2.22. The summed E-state index contributed by atoms with van der Waals surface area (Å²) in [5, 5.41) is 21.8. The van der Waals surface area contributed by atoms with Gasteiger partial charge in [-0.25, -0.2) is 19.3 Å². The van der Waals surface area contributed by atoms with Crippen LogP contribution in [-0.2, 0) is 7.05 Å². The van der Waals surface area contributed by atoms with Crippen molar-refractivity contribution in [2.45, 2.75) is 0 Å². The number of hydrogen-bond donors (Lipinski definition) is 2. The Morgan fingerprint density at radius 2 is 2.15 bits per heavy atom. The molecule has 4 aromatic heterocycles. The van der Waals surface area contributed by atoms with Gasteiger partial charge in [-0.3, -0.25) is 9.48 Å². The molecule has 0 fully saturated rings. The Balaban J connectivity index is 1.64. The number of aryl methyl sites for hydroxylation is 1. The lowest BCUT2D eigenvalue weighted by Gasteiger charge is -2.06. The Hall–Kier alpha value is -3.60. The van der Waals surface area contributed by atoms with Gasteiger partial charge in [0.25, 0.3) is 5.91 Å². The van der Waals surface area contributed by atoms with Crippen molar-refractivity contribution in [3.63, 3.8) is 0 Å². The lowest BCUT2D eigenvalue weighted by Crippen LogP contribution is -2.19. The zero-order valence-electron chi connectivity index (χ0n) is 13.3. The van der Waals surface area contributed by atoms with E-state index in [0.717, 1.165) is 6.20 Å². The predicted octanol–water partition coefficient (Wildman–Crippen LogP) is 1.54. The van der Waals surface area contributed by atoms with Crippen molar-refractivity contribution >= 4 is 34.5 Å². The van der Waals surface area contributed by atoms with E-state index in [4.69, 9.17) is 5.11 Å². The third kappa shape index (κ3) is 2.69. The molecule has 0 spiro atoms. The first kappa shape index (κ1) is 15.9. The molecule has 0 aliphatic heterocycles. The molecule has 130 valence electrons. The van der Waals surface area contributed by atoms with Crippen molar-refractivity contribution in [1.29, 1.82) is 0 Å². The topological polar surface area (TPSA) is 127 Å². The molecule has 0 radical (unpaired) electrons. The number of pyridine rings is 1. The molecule has 0 unspecified atom stereocenters. The summed E-state index contributed by atoms with van der Waals surface area (Å²) in [7, 11) is 1.50. The van der Waals surface area contributed by atoms with Crippen molar-refractivity contribution in [3.8, 4) is 11.5 Å². The Kier molecular flexibility index (Phi) is 3.69. The van der Waals surface area contributed by atoms with Gasteiger partial charge in [-0.2, -0.15) is 5.10 Å². The molecular weight excluding hydrogens is 358 g/mol. The molecule has 4 rings (SSSR count). The van der Waals surface area contributed by atoms with E-state index in [-0.39, 0.29) is 11.3 Å². The van der Waals surface area contributed by atoms with Crippen molar-refractivity contribution in [1.82, 2.24) is 29.4 Å². The lowest BCUT2D eigenvalue weighted by atomic mass is 10.2. The first-order valence-electron chi connectivity index (χ1n) is 7.34. The van der Waals surface area contributed by atoms with E-state index in [1.807, 2.05) is 5.38 Å². The number of carboxylic acid groups (broad SMARTS) is 1. The van der Waals surface area contributed by atoms with Crippen LogP contribution in [0.4, 0.5) is 5.69 Å². The molecule has 4 aromatic rings. The van der Waals surface area contributed by atoms with Crippen LogP contribution >= 0.6 is 11.3 Å². The maximum Gasteiger partial charge on any atom is 0.339 e. The summed E-state index contributed by atoms with van der Waals surface area (Å²) in [6, 6.07) is 3.35. The fraction of sp³-hybridized carbons (Fsp3) is 0.0667. The second kappa shape index (κ2) is 6.04. The summed E-state index contributed by atoms with van der Waals surface area (Å²) >= 11 is 1.45. The average molecular weight is 369 g/mol. The largest absolute Gasteiger partial charge is 0.478 e. The lowest BCUT2D eigenvalue weighted by molar-refractivity contribution is 0.0692. The number of carbonyl (C=O) groups excluding carboxylic acids is 1. The molecule has 2 N–H and O–H groups in total. The fourth-order valence-corrected chi connectivity index (χ4v) is 2.97.